The Morgan fingerprint density at radius 2 is 2.19 bits per heavy atom. The van der Waals surface area contributed by atoms with Crippen LogP contribution < -0.4 is 5.32 Å². The second kappa shape index (κ2) is 6.76. The van der Waals surface area contributed by atoms with E-state index in [0.29, 0.717) is 5.82 Å². The van der Waals surface area contributed by atoms with E-state index in [0.717, 1.165) is 13.0 Å². The molecule has 1 heterocycles. The van der Waals surface area contributed by atoms with Crippen LogP contribution in [0.1, 0.15) is 36.7 Å². The first-order valence-electron chi connectivity index (χ1n) is 5.44. The van der Waals surface area contributed by atoms with Crippen LogP contribution in [0.2, 0.25) is 0 Å². The van der Waals surface area contributed by atoms with Crippen molar-refractivity contribution in [1.82, 2.24) is 10.2 Å². The van der Waals surface area contributed by atoms with Gasteiger partial charge in [-0.1, -0.05) is 19.8 Å². The predicted octanol–water partition coefficient (Wildman–Crippen LogP) is 1.87. The summed E-state index contributed by atoms with van der Waals surface area (Å²) >= 11 is 0. The van der Waals surface area contributed by atoms with Gasteiger partial charge in [0.2, 0.25) is 0 Å². The van der Waals surface area contributed by atoms with Gasteiger partial charge in [-0.05, 0) is 18.6 Å². The minimum atomic E-state index is -0.468. The summed E-state index contributed by atoms with van der Waals surface area (Å²) in [5, 5.41) is 10.8. The average molecular weight is 223 g/mol. The average Bonchev–Trinajstić information content (AvgIpc) is 2.34. The lowest BCUT2D eigenvalue weighted by Gasteiger charge is -2.04. The maximum absolute atomic E-state index is 11.1. The molecule has 0 aromatic carbocycles. The Kier molecular flexibility index (Phi) is 5.25. The number of hydrogen-bond donors (Lipinski definition) is 1. The van der Waals surface area contributed by atoms with Gasteiger partial charge in [0.05, 0.1) is 7.11 Å². The number of carbonyl (C=O) groups is 1. The van der Waals surface area contributed by atoms with Gasteiger partial charge in [-0.3, -0.25) is 0 Å². The number of rotatable bonds is 6. The maximum atomic E-state index is 11.1. The summed E-state index contributed by atoms with van der Waals surface area (Å²) < 4.78 is 4.53. The van der Waals surface area contributed by atoms with Gasteiger partial charge in [0.25, 0.3) is 0 Å². The second-order valence-corrected chi connectivity index (χ2v) is 3.43. The van der Waals surface area contributed by atoms with Crippen LogP contribution in [0.5, 0.6) is 0 Å². The van der Waals surface area contributed by atoms with Crippen molar-refractivity contribution in [3.8, 4) is 0 Å². The van der Waals surface area contributed by atoms with Crippen molar-refractivity contribution in [3.63, 3.8) is 0 Å². The Bertz CT molecular complexity index is 325. The molecule has 1 aromatic rings. The number of anilines is 1. The van der Waals surface area contributed by atoms with Crippen molar-refractivity contribution in [2.24, 2.45) is 0 Å². The molecule has 0 bridgehead atoms. The van der Waals surface area contributed by atoms with E-state index in [1.807, 2.05) is 0 Å². The molecule has 1 rings (SSSR count). The number of unbranched alkanes of at least 4 members (excludes halogenated alkanes) is 2. The standard InChI is InChI=1S/C11H17N3O2/c1-3-4-5-8-12-10-7-6-9(13-14-10)11(15)16-2/h6-7H,3-5,8H2,1-2H3,(H,12,14). The molecule has 0 spiro atoms. The van der Waals surface area contributed by atoms with Gasteiger partial charge in [-0.2, -0.15) is 0 Å². The Morgan fingerprint density at radius 1 is 1.38 bits per heavy atom. The van der Waals surface area contributed by atoms with E-state index in [-0.39, 0.29) is 5.69 Å². The van der Waals surface area contributed by atoms with Gasteiger partial charge < -0.3 is 10.1 Å². The molecule has 0 saturated heterocycles. The van der Waals surface area contributed by atoms with Gasteiger partial charge in [0, 0.05) is 6.54 Å². The lowest BCUT2D eigenvalue weighted by Crippen LogP contribution is -2.08. The summed E-state index contributed by atoms with van der Waals surface area (Å²) in [6, 6.07) is 3.33. The van der Waals surface area contributed by atoms with E-state index in [9.17, 15) is 4.79 Å². The van der Waals surface area contributed by atoms with Crippen molar-refractivity contribution in [2.75, 3.05) is 19.0 Å². The predicted molar refractivity (Wildman–Crippen MR) is 61.4 cm³/mol. The number of ether oxygens (including phenoxy) is 1. The van der Waals surface area contributed by atoms with Crippen molar-refractivity contribution < 1.29 is 9.53 Å². The molecule has 0 fully saturated rings. The number of nitrogens with zero attached hydrogens (tertiary/aromatic N) is 2. The van der Waals surface area contributed by atoms with Crippen molar-refractivity contribution >= 4 is 11.8 Å². The third-order valence-electron chi connectivity index (χ3n) is 2.15. The first kappa shape index (κ1) is 12.4. The fraction of sp³-hybridized carbons (Fsp3) is 0.545. The fourth-order valence-corrected chi connectivity index (χ4v) is 1.23. The Balaban J connectivity index is 2.42. The lowest BCUT2D eigenvalue weighted by atomic mass is 10.2. The van der Waals surface area contributed by atoms with Crippen LogP contribution >= 0.6 is 0 Å². The highest BCUT2D eigenvalue weighted by Gasteiger charge is 2.06. The number of methoxy groups -OCH3 is 1. The third kappa shape index (κ3) is 3.84. The minimum Gasteiger partial charge on any atom is -0.464 e. The molecule has 0 saturated carbocycles. The number of carbonyl (C=O) groups excluding carboxylic acids is 1. The van der Waals surface area contributed by atoms with Crippen LogP contribution in [0.25, 0.3) is 0 Å². The van der Waals surface area contributed by atoms with E-state index in [1.165, 1.54) is 20.0 Å². The molecule has 0 unspecified atom stereocenters. The van der Waals surface area contributed by atoms with E-state index in [1.54, 1.807) is 12.1 Å². The molecule has 0 amide bonds. The van der Waals surface area contributed by atoms with Crippen LogP contribution in [-0.2, 0) is 4.74 Å². The van der Waals surface area contributed by atoms with Crippen LogP contribution in [0.4, 0.5) is 5.82 Å². The SMILES string of the molecule is CCCCCNc1ccc(C(=O)OC)nn1. The van der Waals surface area contributed by atoms with Crippen LogP contribution in [0.15, 0.2) is 12.1 Å². The van der Waals surface area contributed by atoms with Gasteiger partial charge >= 0.3 is 5.97 Å². The topological polar surface area (TPSA) is 64.1 Å². The van der Waals surface area contributed by atoms with Gasteiger partial charge in [-0.25, -0.2) is 4.79 Å². The Hall–Kier alpha value is -1.65. The lowest BCUT2D eigenvalue weighted by molar-refractivity contribution is 0.0593. The summed E-state index contributed by atoms with van der Waals surface area (Å²) in [4.78, 5) is 11.1. The largest absolute Gasteiger partial charge is 0.464 e. The van der Waals surface area contributed by atoms with E-state index in [2.05, 4.69) is 27.2 Å². The van der Waals surface area contributed by atoms with E-state index >= 15 is 0 Å². The molecule has 5 heteroatoms. The smallest absolute Gasteiger partial charge is 0.358 e. The maximum Gasteiger partial charge on any atom is 0.358 e. The zero-order valence-corrected chi connectivity index (χ0v) is 9.69. The fourth-order valence-electron chi connectivity index (χ4n) is 1.23. The molecule has 0 radical (unpaired) electrons. The zero-order chi connectivity index (χ0) is 11.8. The van der Waals surface area contributed by atoms with Crippen LogP contribution in [0, 0.1) is 0 Å². The van der Waals surface area contributed by atoms with Crippen LogP contribution in [0.3, 0.4) is 0 Å². The quantitative estimate of drug-likeness (QED) is 0.589. The highest BCUT2D eigenvalue weighted by atomic mass is 16.5. The molecule has 16 heavy (non-hydrogen) atoms. The summed E-state index contributed by atoms with van der Waals surface area (Å²) in [5.74, 6) is 0.216. The molecule has 0 aliphatic heterocycles. The number of hydrogen-bond acceptors (Lipinski definition) is 5. The van der Waals surface area contributed by atoms with Crippen LogP contribution in [-0.4, -0.2) is 29.8 Å². The first-order valence-corrected chi connectivity index (χ1v) is 5.44. The normalized spacial score (nSPS) is 9.88. The van der Waals surface area contributed by atoms with E-state index < -0.39 is 5.97 Å². The minimum absolute atomic E-state index is 0.224. The molecule has 0 atom stereocenters. The van der Waals surface area contributed by atoms with Crippen molar-refractivity contribution in [1.29, 1.82) is 0 Å². The van der Waals surface area contributed by atoms with Crippen molar-refractivity contribution in [3.05, 3.63) is 17.8 Å². The first-order chi connectivity index (χ1) is 7.77. The monoisotopic (exact) mass is 223 g/mol. The molecule has 1 aromatic heterocycles. The molecular weight excluding hydrogens is 206 g/mol. The summed E-state index contributed by atoms with van der Waals surface area (Å²) in [6.45, 7) is 3.03. The molecular formula is C11H17N3O2. The van der Waals surface area contributed by atoms with E-state index in [4.69, 9.17) is 0 Å². The third-order valence-corrected chi connectivity index (χ3v) is 2.15. The second-order valence-electron chi connectivity index (χ2n) is 3.43. The Labute approximate surface area is 95.2 Å². The van der Waals surface area contributed by atoms with Gasteiger partial charge in [0.15, 0.2) is 5.69 Å². The molecule has 1 N–H and O–H groups in total. The van der Waals surface area contributed by atoms with Gasteiger partial charge in [0.1, 0.15) is 5.82 Å². The highest BCUT2D eigenvalue weighted by molar-refractivity contribution is 5.86. The zero-order valence-electron chi connectivity index (χ0n) is 9.69. The summed E-state index contributed by atoms with van der Waals surface area (Å²) in [6.07, 6.45) is 3.49. The molecule has 5 nitrogen and oxygen atoms in total. The van der Waals surface area contributed by atoms with Gasteiger partial charge in [-0.15, -0.1) is 10.2 Å². The molecule has 0 aliphatic carbocycles. The number of aromatic nitrogens is 2. The Morgan fingerprint density at radius 3 is 2.75 bits per heavy atom. The molecule has 88 valence electrons. The number of nitrogens with one attached hydrogen (secondary N) is 1. The molecule has 0 aliphatic rings. The van der Waals surface area contributed by atoms with Crippen molar-refractivity contribution in [2.45, 2.75) is 26.2 Å². The highest BCUT2D eigenvalue weighted by Crippen LogP contribution is 2.03. The summed E-state index contributed by atoms with van der Waals surface area (Å²) in [5.41, 5.74) is 0.224. The summed E-state index contributed by atoms with van der Waals surface area (Å²) in [7, 11) is 1.32. The number of esters is 1.